The van der Waals surface area contributed by atoms with Crippen LogP contribution >= 0.6 is 22.9 Å². The molecule has 0 aliphatic carbocycles. The van der Waals surface area contributed by atoms with Gasteiger partial charge in [0.1, 0.15) is 0 Å². The number of nitrogens with two attached hydrogens (primary N) is 1. The number of benzene rings is 1. The number of aryl methyl sites for hydroxylation is 1. The number of nitrogens with one attached hydrogen (secondary N) is 1. The minimum Gasteiger partial charge on any atom is -0.370 e. The molecule has 0 saturated heterocycles. The molecule has 2 aromatic rings. The number of halogens is 1. The molecule has 1 heterocycles. The number of hydrogen-bond donors (Lipinski definition) is 2. The van der Waals surface area contributed by atoms with Crippen LogP contribution in [0.2, 0.25) is 4.34 Å². The van der Waals surface area contributed by atoms with Gasteiger partial charge in [0.15, 0.2) is 5.96 Å². The first kappa shape index (κ1) is 14.9. The molecule has 3 nitrogen and oxygen atoms in total. The molecule has 0 atom stereocenters. The van der Waals surface area contributed by atoms with Crippen LogP contribution in [0, 0.1) is 0 Å². The van der Waals surface area contributed by atoms with Crippen molar-refractivity contribution in [2.24, 2.45) is 10.7 Å². The van der Waals surface area contributed by atoms with Gasteiger partial charge in [-0.15, -0.1) is 11.3 Å². The Morgan fingerprint density at radius 1 is 1.35 bits per heavy atom. The van der Waals surface area contributed by atoms with Crippen LogP contribution in [-0.4, -0.2) is 12.5 Å². The Bertz CT molecular complexity index is 592. The zero-order chi connectivity index (χ0) is 14.4. The van der Waals surface area contributed by atoms with Crippen molar-refractivity contribution in [3.8, 4) is 0 Å². The van der Waals surface area contributed by atoms with E-state index < -0.39 is 0 Å². The standard InChI is InChI=1S/C15H18ClN3S/c1-2-11-4-3-5-12(10-11)19-15(17)18-9-8-13-6-7-14(16)20-13/h3-7,10H,2,8-9H2,1H3,(H3,17,18,19). The molecule has 0 amide bonds. The van der Waals surface area contributed by atoms with Gasteiger partial charge in [-0.1, -0.05) is 30.7 Å². The fraction of sp³-hybridized carbons (Fsp3) is 0.267. The zero-order valence-corrected chi connectivity index (χ0v) is 13.0. The Hall–Kier alpha value is -1.52. The molecule has 0 aliphatic rings. The fourth-order valence-corrected chi connectivity index (χ4v) is 2.91. The number of anilines is 1. The average molecular weight is 308 g/mol. The predicted octanol–water partition coefficient (Wildman–Crippen LogP) is 3.93. The normalized spacial score (nSPS) is 11.6. The number of aliphatic imine (C=N–C) groups is 1. The minimum atomic E-state index is 0.445. The quantitative estimate of drug-likeness (QED) is 0.649. The lowest BCUT2D eigenvalue weighted by Gasteiger charge is -2.06. The molecule has 1 aromatic carbocycles. The number of rotatable bonds is 5. The summed E-state index contributed by atoms with van der Waals surface area (Å²) in [6.45, 7) is 2.78. The highest BCUT2D eigenvalue weighted by atomic mass is 35.5. The summed E-state index contributed by atoms with van der Waals surface area (Å²) in [5.74, 6) is 0.445. The van der Waals surface area contributed by atoms with E-state index in [-0.39, 0.29) is 0 Å². The van der Waals surface area contributed by atoms with Crippen molar-refractivity contribution in [1.82, 2.24) is 0 Å². The number of nitrogens with zero attached hydrogens (tertiary/aromatic N) is 1. The highest BCUT2D eigenvalue weighted by Gasteiger charge is 1.99. The van der Waals surface area contributed by atoms with Crippen molar-refractivity contribution in [3.05, 3.63) is 51.2 Å². The molecule has 1 aromatic heterocycles. The van der Waals surface area contributed by atoms with Gasteiger partial charge in [-0.05, 0) is 36.2 Å². The number of thiophene rings is 1. The summed E-state index contributed by atoms with van der Waals surface area (Å²) in [5.41, 5.74) is 8.13. The number of guanidine groups is 1. The largest absolute Gasteiger partial charge is 0.370 e. The van der Waals surface area contributed by atoms with Gasteiger partial charge in [-0.25, -0.2) is 0 Å². The lowest BCUT2D eigenvalue weighted by molar-refractivity contribution is 0.983. The van der Waals surface area contributed by atoms with Crippen molar-refractivity contribution in [2.75, 3.05) is 11.9 Å². The molecule has 5 heteroatoms. The fourth-order valence-electron chi connectivity index (χ4n) is 1.83. The zero-order valence-electron chi connectivity index (χ0n) is 11.4. The van der Waals surface area contributed by atoms with Gasteiger partial charge in [-0.3, -0.25) is 4.99 Å². The number of hydrogen-bond acceptors (Lipinski definition) is 2. The van der Waals surface area contributed by atoms with E-state index in [2.05, 4.69) is 29.4 Å². The Morgan fingerprint density at radius 3 is 2.90 bits per heavy atom. The minimum absolute atomic E-state index is 0.445. The molecule has 106 valence electrons. The molecule has 0 fully saturated rings. The first-order chi connectivity index (χ1) is 9.67. The second kappa shape index (κ2) is 7.31. The Kier molecular flexibility index (Phi) is 5.44. The molecule has 20 heavy (non-hydrogen) atoms. The van der Waals surface area contributed by atoms with Crippen LogP contribution in [0.15, 0.2) is 41.4 Å². The van der Waals surface area contributed by atoms with Crippen molar-refractivity contribution < 1.29 is 0 Å². The van der Waals surface area contributed by atoms with Crippen molar-refractivity contribution in [2.45, 2.75) is 19.8 Å². The molecule has 0 aliphatic heterocycles. The summed E-state index contributed by atoms with van der Waals surface area (Å²) in [6.07, 6.45) is 1.86. The van der Waals surface area contributed by atoms with Gasteiger partial charge in [0.2, 0.25) is 0 Å². The van der Waals surface area contributed by atoms with Crippen LogP contribution in [0.1, 0.15) is 17.4 Å². The van der Waals surface area contributed by atoms with Crippen molar-refractivity contribution in [3.63, 3.8) is 0 Å². The van der Waals surface area contributed by atoms with Crippen molar-refractivity contribution in [1.29, 1.82) is 0 Å². The van der Waals surface area contributed by atoms with E-state index in [4.69, 9.17) is 17.3 Å². The van der Waals surface area contributed by atoms with Crippen LogP contribution in [0.5, 0.6) is 0 Å². The monoisotopic (exact) mass is 307 g/mol. The van der Waals surface area contributed by atoms with Gasteiger partial charge >= 0.3 is 0 Å². The van der Waals surface area contributed by atoms with Gasteiger partial charge in [0.25, 0.3) is 0 Å². The first-order valence-electron chi connectivity index (χ1n) is 6.57. The van der Waals surface area contributed by atoms with Gasteiger partial charge in [-0.2, -0.15) is 0 Å². The summed E-state index contributed by atoms with van der Waals surface area (Å²) < 4.78 is 0.812. The molecule has 3 N–H and O–H groups in total. The highest BCUT2D eigenvalue weighted by Crippen LogP contribution is 2.21. The Balaban J connectivity index is 1.87. The second-order valence-corrected chi connectivity index (χ2v) is 6.20. The molecular weight excluding hydrogens is 290 g/mol. The molecule has 0 spiro atoms. The Morgan fingerprint density at radius 2 is 2.20 bits per heavy atom. The molecule has 0 saturated carbocycles. The Labute approximate surface area is 128 Å². The van der Waals surface area contributed by atoms with Crippen LogP contribution < -0.4 is 11.1 Å². The van der Waals surface area contributed by atoms with Crippen LogP contribution in [0.4, 0.5) is 5.69 Å². The van der Waals surface area contributed by atoms with E-state index >= 15 is 0 Å². The van der Waals surface area contributed by atoms with Gasteiger partial charge < -0.3 is 11.1 Å². The SMILES string of the molecule is CCc1cccc(NC(N)=NCCc2ccc(Cl)s2)c1. The third kappa shape index (κ3) is 4.54. The molecular formula is C15H18ClN3S. The molecule has 0 bridgehead atoms. The van der Waals surface area contributed by atoms with Gasteiger partial charge in [0, 0.05) is 23.5 Å². The summed E-state index contributed by atoms with van der Waals surface area (Å²) >= 11 is 7.47. The maximum absolute atomic E-state index is 5.88. The van der Waals surface area contributed by atoms with E-state index in [0.717, 1.165) is 22.9 Å². The maximum atomic E-state index is 5.88. The first-order valence-corrected chi connectivity index (χ1v) is 7.77. The lowest BCUT2D eigenvalue weighted by atomic mass is 10.1. The van der Waals surface area contributed by atoms with Crippen molar-refractivity contribution >= 4 is 34.6 Å². The van der Waals surface area contributed by atoms with E-state index in [1.165, 1.54) is 10.4 Å². The third-order valence-corrected chi connectivity index (χ3v) is 4.17. The highest BCUT2D eigenvalue weighted by molar-refractivity contribution is 7.16. The third-order valence-electron chi connectivity index (χ3n) is 2.88. The smallest absolute Gasteiger partial charge is 0.193 e. The summed E-state index contributed by atoms with van der Waals surface area (Å²) in [7, 11) is 0. The lowest BCUT2D eigenvalue weighted by Crippen LogP contribution is -2.23. The van der Waals surface area contributed by atoms with E-state index in [1.54, 1.807) is 11.3 Å². The van der Waals surface area contributed by atoms with E-state index in [9.17, 15) is 0 Å². The maximum Gasteiger partial charge on any atom is 0.193 e. The topological polar surface area (TPSA) is 50.4 Å². The van der Waals surface area contributed by atoms with Crippen LogP contribution in [-0.2, 0) is 12.8 Å². The van der Waals surface area contributed by atoms with Crippen LogP contribution in [0.3, 0.4) is 0 Å². The van der Waals surface area contributed by atoms with E-state index in [0.29, 0.717) is 12.5 Å². The van der Waals surface area contributed by atoms with E-state index in [1.807, 2.05) is 24.3 Å². The predicted molar refractivity (Wildman–Crippen MR) is 89.0 cm³/mol. The summed E-state index contributed by atoms with van der Waals surface area (Å²) in [5, 5.41) is 3.11. The van der Waals surface area contributed by atoms with Crippen LogP contribution in [0.25, 0.3) is 0 Å². The van der Waals surface area contributed by atoms with Gasteiger partial charge in [0.05, 0.1) is 4.34 Å². The second-order valence-electron chi connectivity index (χ2n) is 4.40. The average Bonchev–Trinajstić information content (AvgIpc) is 2.84. The summed E-state index contributed by atoms with van der Waals surface area (Å²) in [4.78, 5) is 5.55. The molecule has 0 radical (unpaired) electrons. The summed E-state index contributed by atoms with van der Waals surface area (Å²) in [6, 6.07) is 12.1. The molecule has 2 rings (SSSR count). The molecule has 0 unspecified atom stereocenters.